The molecule has 2 aromatic carbocycles. The minimum absolute atomic E-state index is 0.122. The van der Waals surface area contributed by atoms with Gasteiger partial charge in [-0.2, -0.15) is 13.2 Å². The molecule has 2 aromatic rings. The van der Waals surface area contributed by atoms with Gasteiger partial charge in [-0.1, -0.05) is 23.2 Å². The first-order valence-electron chi connectivity index (χ1n) is 9.73. The molecule has 0 aliphatic carbocycles. The van der Waals surface area contributed by atoms with E-state index in [1.54, 1.807) is 29.2 Å². The smallest absolute Gasteiger partial charge is 0.341 e. The van der Waals surface area contributed by atoms with Gasteiger partial charge in [-0.05, 0) is 79.7 Å². The highest BCUT2D eigenvalue weighted by atomic mass is 35.5. The van der Waals surface area contributed by atoms with Crippen molar-refractivity contribution in [3.63, 3.8) is 0 Å². The maximum absolute atomic E-state index is 13.3. The zero-order valence-electron chi connectivity index (χ0n) is 16.5. The maximum Gasteiger partial charge on any atom is 0.416 e. The largest absolute Gasteiger partial charge is 0.416 e. The Labute approximate surface area is 193 Å². The fraction of sp³-hybridized carbons (Fsp3) is 0.381. The second-order valence-corrected chi connectivity index (χ2v) is 9.27. The Morgan fingerprint density at radius 2 is 1.90 bits per heavy atom. The maximum atomic E-state index is 13.3. The van der Waals surface area contributed by atoms with Crippen LogP contribution in [0.5, 0.6) is 0 Å². The molecule has 2 N–H and O–H groups in total. The van der Waals surface area contributed by atoms with Crippen LogP contribution in [0.15, 0.2) is 47.4 Å². The van der Waals surface area contributed by atoms with Gasteiger partial charge in [-0.25, -0.2) is 0 Å². The Hall–Kier alpha value is -1.61. The minimum Gasteiger partial charge on any atom is -0.341 e. The molecule has 3 rings (SSSR count). The van der Waals surface area contributed by atoms with Crippen molar-refractivity contribution in [3.05, 3.63) is 58.1 Å². The van der Waals surface area contributed by atoms with E-state index in [2.05, 4.69) is 0 Å². The van der Waals surface area contributed by atoms with Crippen molar-refractivity contribution >= 4 is 46.7 Å². The lowest BCUT2D eigenvalue weighted by Gasteiger charge is -2.34. The molecule has 1 unspecified atom stereocenters. The van der Waals surface area contributed by atoms with Crippen LogP contribution in [0.4, 0.5) is 18.9 Å². The number of hydrogen-bond acceptors (Lipinski definition) is 4. The van der Waals surface area contributed by atoms with E-state index in [0.29, 0.717) is 29.6 Å². The van der Waals surface area contributed by atoms with E-state index in [9.17, 15) is 18.0 Å². The van der Waals surface area contributed by atoms with E-state index in [1.165, 1.54) is 10.4 Å². The average molecular weight is 492 g/mol. The number of nitrogens with two attached hydrogens (primary N) is 1. The molecule has 1 saturated heterocycles. The number of benzene rings is 2. The highest BCUT2D eigenvalue weighted by molar-refractivity contribution is 8.00. The molecule has 1 aliphatic heterocycles. The second-order valence-electron chi connectivity index (χ2n) is 7.33. The summed E-state index contributed by atoms with van der Waals surface area (Å²) in [6, 6.07) is 9.91. The number of piperidine rings is 1. The van der Waals surface area contributed by atoms with Crippen LogP contribution < -0.4 is 10.0 Å². The Bertz CT molecular complexity index is 912. The fourth-order valence-corrected chi connectivity index (χ4v) is 4.71. The van der Waals surface area contributed by atoms with Crippen molar-refractivity contribution in [2.24, 2.45) is 11.7 Å². The van der Waals surface area contributed by atoms with E-state index in [0.717, 1.165) is 36.9 Å². The third-order valence-corrected chi connectivity index (χ3v) is 6.66. The number of anilines is 1. The summed E-state index contributed by atoms with van der Waals surface area (Å²) in [6.07, 6.45) is -2.72. The van der Waals surface area contributed by atoms with Crippen molar-refractivity contribution in [1.82, 2.24) is 4.90 Å². The number of nitrogens with zero attached hydrogens (tertiary/aromatic N) is 2. The zero-order chi connectivity index (χ0) is 22.6. The van der Waals surface area contributed by atoms with Crippen LogP contribution in [0.3, 0.4) is 0 Å². The van der Waals surface area contributed by atoms with Crippen LogP contribution in [-0.4, -0.2) is 37.0 Å². The lowest BCUT2D eigenvalue weighted by atomic mass is 9.98. The molecule has 0 saturated carbocycles. The third kappa shape index (κ3) is 6.44. The molecule has 1 fully saturated rings. The van der Waals surface area contributed by atoms with Gasteiger partial charge >= 0.3 is 6.18 Å². The zero-order valence-corrected chi connectivity index (χ0v) is 18.9. The van der Waals surface area contributed by atoms with Crippen molar-refractivity contribution in [1.29, 1.82) is 0 Å². The molecule has 1 aliphatic rings. The normalized spacial score (nSPS) is 17.0. The Kier molecular flexibility index (Phi) is 8.02. The van der Waals surface area contributed by atoms with Crippen molar-refractivity contribution in [2.75, 3.05) is 30.5 Å². The second kappa shape index (κ2) is 10.3. The van der Waals surface area contributed by atoms with Gasteiger partial charge in [0.15, 0.2) is 0 Å². The number of likely N-dealkylation sites (tertiary alicyclic amines) is 1. The number of rotatable bonds is 6. The van der Waals surface area contributed by atoms with Crippen LogP contribution in [0.1, 0.15) is 18.4 Å². The van der Waals surface area contributed by atoms with Gasteiger partial charge < -0.3 is 14.9 Å². The summed E-state index contributed by atoms with van der Waals surface area (Å²) in [5, 5.41) is 0.658. The van der Waals surface area contributed by atoms with Gasteiger partial charge in [-0.3, -0.25) is 4.79 Å². The number of carbonyl (C=O) groups is 1. The first-order valence-corrected chi connectivity index (χ1v) is 11.3. The van der Waals surface area contributed by atoms with Crippen LogP contribution in [0.2, 0.25) is 10.0 Å². The first kappa shape index (κ1) is 24.0. The summed E-state index contributed by atoms with van der Waals surface area (Å²) in [6.45, 7) is 1.51. The standard InChI is InChI=1S/C21H22Cl2F3N3OS/c22-16-4-6-17(7-5-16)31-29(13-20(30)28-9-1-2-14(11-27)12-28)19-10-15(21(24,25)26)3-8-18(19)23/h3-8,10,14H,1-2,9,11-13,27H2. The van der Waals surface area contributed by atoms with Crippen LogP contribution >= 0.6 is 35.1 Å². The van der Waals surface area contributed by atoms with Crippen molar-refractivity contribution < 1.29 is 18.0 Å². The topological polar surface area (TPSA) is 49.6 Å². The monoisotopic (exact) mass is 491 g/mol. The van der Waals surface area contributed by atoms with E-state index in [4.69, 9.17) is 28.9 Å². The first-order chi connectivity index (χ1) is 14.7. The van der Waals surface area contributed by atoms with Crippen molar-refractivity contribution in [2.45, 2.75) is 23.9 Å². The summed E-state index contributed by atoms with van der Waals surface area (Å²) in [5.41, 5.74) is 5.05. The number of carbonyl (C=O) groups excluding carboxylic acids is 1. The fourth-order valence-electron chi connectivity index (χ4n) is 3.38. The highest BCUT2D eigenvalue weighted by Crippen LogP contribution is 2.39. The Morgan fingerprint density at radius 1 is 1.19 bits per heavy atom. The molecule has 1 heterocycles. The molecule has 0 radical (unpaired) electrons. The number of hydrogen-bond donors (Lipinski definition) is 1. The van der Waals surface area contributed by atoms with E-state index in [-0.39, 0.29) is 29.1 Å². The van der Waals surface area contributed by atoms with Crippen LogP contribution in [0, 0.1) is 5.92 Å². The molecule has 1 atom stereocenters. The molecule has 4 nitrogen and oxygen atoms in total. The molecule has 168 valence electrons. The molecule has 10 heteroatoms. The van der Waals surface area contributed by atoms with E-state index >= 15 is 0 Å². The summed E-state index contributed by atoms with van der Waals surface area (Å²) in [7, 11) is 0. The Morgan fingerprint density at radius 3 is 2.55 bits per heavy atom. The molecule has 31 heavy (non-hydrogen) atoms. The SMILES string of the molecule is NCC1CCCN(C(=O)CN(Sc2ccc(Cl)cc2)c2cc(C(F)(F)F)ccc2Cl)C1. The van der Waals surface area contributed by atoms with Crippen molar-refractivity contribution in [3.8, 4) is 0 Å². The van der Waals surface area contributed by atoms with Gasteiger partial charge in [0.25, 0.3) is 0 Å². The molecular formula is C21H22Cl2F3N3OS. The number of alkyl halides is 3. The highest BCUT2D eigenvalue weighted by Gasteiger charge is 2.32. The molecular weight excluding hydrogens is 470 g/mol. The van der Waals surface area contributed by atoms with Crippen LogP contribution in [-0.2, 0) is 11.0 Å². The minimum atomic E-state index is -4.53. The van der Waals surface area contributed by atoms with E-state index in [1.807, 2.05) is 0 Å². The summed E-state index contributed by atoms with van der Waals surface area (Å²) in [4.78, 5) is 15.5. The summed E-state index contributed by atoms with van der Waals surface area (Å²) >= 11 is 13.3. The lowest BCUT2D eigenvalue weighted by molar-refractivity contribution is -0.137. The molecule has 0 aromatic heterocycles. The number of amides is 1. The third-order valence-electron chi connectivity index (χ3n) is 5.06. The van der Waals surface area contributed by atoms with Gasteiger partial charge in [0.1, 0.15) is 6.54 Å². The quantitative estimate of drug-likeness (QED) is 0.524. The molecule has 1 amide bonds. The number of halogens is 5. The van der Waals surface area contributed by atoms with Gasteiger partial charge in [0, 0.05) is 23.0 Å². The van der Waals surface area contributed by atoms with Gasteiger partial charge in [0.2, 0.25) is 5.91 Å². The van der Waals surface area contributed by atoms with E-state index < -0.39 is 11.7 Å². The Balaban J connectivity index is 1.90. The molecule has 0 bridgehead atoms. The van der Waals surface area contributed by atoms with Gasteiger partial charge in [0.05, 0.1) is 16.3 Å². The van der Waals surface area contributed by atoms with Gasteiger partial charge in [-0.15, -0.1) is 0 Å². The summed E-state index contributed by atoms with van der Waals surface area (Å²) in [5.74, 6) is 0.0419. The van der Waals surface area contributed by atoms with Crippen LogP contribution in [0.25, 0.3) is 0 Å². The predicted molar refractivity (Wildman–Crippen MR) is 119 cm³/mol. The average Bonchev–Trinajstić information content (AvgIpc) is 2.74. The summed E-state index contributed by atoms with van der Waals surface area (Å²) < 4.78 is 41.4. The lowest BCUT2D eigenvalue weighted by Crippen LogP contribution is -2.45. The predicted octanol–water partition coefficient (Wildman–Crippen LogP) is 5.72. The molecule has 0 spiro atoms.